The Bertz CT molecular complexity index is 905. The molecule has 2 rings (SSSR count). The molecule has 0 atom stereocenters. The van der Waals surface area contributed by atoms with Crippen molar-refractivity contribution in [1.29, 1.82) is 5.26 Å². The summed E-state index contributed by atoms with van der Waals surface area (Å²) >= 11 is 11.4. The summed E-state index contributed by atoms with van der Waals surface area (Å²) in [7, 11) is 0. The van der Waals surface area contributed by atoms with Crippen LogP contribution in [0.1, 0.15) is 5.56 Å². The van der Waals surface area contributed by atoms with Crippen molar-refractivity contribution in [2.45, 2.75) is 6.18 Å². The van der Waals surface area contributed by atoms with E-state index in [4.69, 9.17) is 28.5 Å². The van der Waals surface area contributed by atoms with Crippen molar-refractivity contribution in [3.8, 4) is 6.07 Å². The van der Waals surface area contributed by atoms with Gasteiger partial charge in [-0.25, -0.2) is 0 Å². The van der Waals surface area contributed by atoms with Crippen LogP contribution in [0.5, 0.6) is 0 Å². The van der Waals surface area contributed by atoms with Gasteiger partial charge in [-0.05, 0) is 30.3 Å². The average Bonchev–Trinajstić information content (AvgIpc) is 2.58. The van der Waals surface area contributed by atoms with Gasteiger partial charge in [0.25, 0.3) is 5.91 Å². The van der Waals surface area contributed by atoms with E-state index < -0.39 is 22.7 Å². The van der Waals surface area contributed by atoms with E-state index in [2.05, 4.69) is 10.6 Å². The molecule has 4 nitrogen and oxygen atoms in total. The lowest BCUT2D eigenvalue weighted by Crippen LogP contribution is -2.15. The zero-order valence-electron chi connectivity index (χ0n) is 12.9. The van der Waals surface area contributed by atoms with Crippen LogP contribution in [0.4, 0.5) is 24.5 Å². The van der Waals surface area contributed by atoms with Crippen LogP contribution in [-0.4, -0.2) is 5.91 Å². The smallest absolute Gasteiger partial charge is 0.360 e. The Kier molecular flexibility index (Phi) is 6.14. The van der Waals surface area contributed by atoms with Crippen LogP contribution in [0, 0.1) is 11.3 Å². The van der Waals surface area contributed by atoms with Crippen molar-refractivity contribution in [2.75, 3.05) is 10.6 Å². The van der Waals surface area contributed by atoms with Gasteiger partial charge in [0.15, 0.2) is 0 Å². The molecule has 2 aromatic rings. The number of nitrogens with one attached hydrogen (secondary N) is 2. The minimum Gasteiger partial charge on any atom is -0.360 e. The number of amides is 1. The van der Waals surface area contributed by atoms with Crippen molar-refractivity contribution < 1.29 is 18.0 Å². The molecule has 2 aromatic carbocycles. The first kappa shape index (κ1) is 19.6. The van der Waals surface area contributed by atoms with Crippen LogP contribution in [0.2, 0.25) is 10.0 Å². The number of rotatable bonds is 4. The normalized spacial score (nSPS) is 11.6. The fourth-order valence-electron chi connectivity index (χ4n) is 1.89. The third-order valence-corrected chi connectivity index (χ3v) is 3.80. The number of carbonyl (C=O) groups excluding carboxylic acids is 1. The summed E-state index contributed by atoms with van der Waals surface area (Å²) in [6.07, 6.45) is -3.63. The number of carbonyl (C=O) groups is 1. The molecule has 0 aromatic heterocycles. The molecule has 2 N–H and O–H groups in total. The third-order valence-electron chi connectivity index (χ3n) is 3.14. The minimum atomic E-state index is -4.63. The van der Waals surface area contributed by atoms with Crippen molar-refractivity contribution in [3.63, 3.8) is 0 Å². The van der Waals surface area contributed by atoms with E-state index in [1.807, 2.05) is 0 Å². The molecule has 0 saturated heterocycles. The molecular formula is C17H10Cl2F3N3O. The first-order chi connectivity index (χ1) is 12.2. The van der Waals surface area contributed by atoms with E-state index in [0.717, 1.165) is 18.3 Å². The lowest BCUT2D eigenvalue weighted by molar-refractivity contribution is -0.137. The molecule has 0 aliphatic carbocycles. The highest BCUT2D eigenvalue weighted by Crippen LogP contribution is 2.36. The maximum Gasteiger partial charge on any atom is 0.417 e. The van der Waals surface area contributed by atoms with Crippen molar-refractivity contribution >= 4 is 40.5 Å². The number of hydrogen-bond acceptors (Lipinski definition) is 3. The van der Waals surface area contributed by atoms with Crippen LogP contribution in [-0.2, 0) is 11.0 Å². The van der Waals surface area contributed by atoms with Crippen LogP contribution in [0.3, 0.4) is 0 Å². The number of hydrogen-bond donors (Lipinski definition) is 2. The summed E-state index contributed by atoms with van der Waals surface area (Å²) in [5, 5.41) is 13.8. The van der Waals surface area contributed by atoms with Crippen LogP contribution >= 0.6 is 23.2 Å². The summed E-state index contributed by atoms with van der Waals surface area (Å²) in [6, 6.07) is 11.2. The summed E-state index contributed by atoms with van der Waals surface area (Å²) < 4.78 is 38.5. The van der Waals surface area contributed by atoms with Crippen LogP contribution < -0.4 is 10.6 Å². The minimum absolute atomic E-state index is 0.0139. The molecule has 0 aliphatic heterocycles. The quantitative estimate of drug-likeness (QED) is 0.529. The summed E-state index contributed by atoms with van der Waals surface area (Å²) in [5.41, 5.74) is -1.07. The van der Waals surface area contributed by atoms with Gasteiger partial charge in [-0.1, -0.05) is 35.3 Å². The maximum atomic E-state index is 12.8. The Morgan fingerprint density at radius 3 is 2.42 bits per heavy atom. The summed E-state index contributed by atoms with van der Waals surface area (Å²) in [6.45, 7) is 0. The van der Waals surface area contributed by atoms with E-state index in [1.165, 1.54) is 12.1 Å². The zero-order chi connectivity index (χ0) is 19.3. The molecule has 0 bridgehead atoms. The summed E-state index contributed by atoms with van der Waals surface area (Å²) in [4.78, 5) is 12.1. The predicted octanol–water partition coefficient (Wildman–Crippen LogP) is 5.47. The van der Waals surface area contributed by atoms with Gasteiger partial charge >= 0.3 is 6.18 Å². The highest BCUT2D eigenvalue weighted by molar-refractivity contribution is 6.34. The Labute approximate surface area is 156 Å². The topological polar surface area (TPSA) is 64.9 Å². The standard InChI is InChI=1S/C17H10Cl2F3N3O/c18-13-6-5-11(7-12(13)17(20,21)22)24-9-10(8-23)16(26)25-15-4-2-1-3-14(15)19/h1-7,9,24H,(H,25,26)/b10-9-. The van der Waals surface area contributed by atoms with Gasteiger partial charge in [0, 0.05) is 11.9 Å². The second kappa shape index (κ2) is 8.13. The zero-order valence-corrected chi connectivity index (χ0v) is 14.4. The van der Waals surface area contributed by atoms with Crippen molar-refractivity contribution in [1.82, 2.24) is 0 Å². The molecule has 9 heteroatoms. The van der Waals surface area contributed by atoms with Gasteiger partial charge in [-0.15, -0.1) is 0 Å². The number of halogens is 5. The molecule has 0 unspecified atom stereocenters. The second-order valence-corrected chi connectivity index (χ2v) is 5.75. The second-order valence-electron chi connectivity index (χ2n) is 4.94. The molecule has 26 heavy (non-hydrogen) atoms. The van der Waals surface area contributed by atoms with Gasteiger partial charge in [-0.2, -0.15) is 18.4 Å². The van der Waals surface area contributed by atoms with E-state index in [0.29, 0.717) is 5.69 Å². The molecule has 0 saturated carbocycles. The molecule has 0 aliphatic rings. The number of nitriles is 1. The van der Waals surface area contributed by atoms with E-state index in [9.17, 15) is 18.0 Å². The van der Waals surface area contributed by atoms with Crippen LogP contribution in [0.25, 0.3) is 0 Å². The molecule has 1 amide bonds. The Morgan fingerprint density at radius 2 is 1.81 bits per heavy atom. The molecule has 0 heterocycles. The molecule has 0 radical (unpaired) electrons. The Hall–Kier alpha value is -2.69. The Morgan fingerprint density at radius 1 is 1.12 bits per heavy atom. The van der Waals surface area contributed by atoms with Gasteiger partial charge in [0.2, 0.25) is 0 Å². The predicted molar refractivity (Wildman–Crippen MR) is 93.9 cm³/mol. The molecular weight excluding hydrogens is 390 g/mol. The number of anilines is 2. The SMILES string of the molecule is N#C/C(=C/Nc1ccc(Cl)c(C(F)(F)F)c1)C(=O)Nc1ccccc1Cl. The monoisotopic (exact) mass is 399 g/mol. The van der Waals surface area contributed by atoms with E-state index in [-0.39, 0.29) is 16.3 Å². The highest BCUT2D eigenvalue weighted by Gasteiger charge is 2.33. The fourth-order valence-corrected chi connectivity index (χ4v) is 2.30. The van der Waals surface area contributed by atoms with E-state index >= 15 is 0 Å². The van der Waals surface area contributed by atoms with Crippen LogP contribution in [0.15, 0.2) is 54.2 Å². The Balaban J connectivity index is 2.19. The highest BCUT2D eigenvalue weighted by atomic mass is 35.5. The molecule has 134 valence electrons. The first-order valence-corrected chi connectivity index (χ1v) is 7.77. The molecule has 0 spiro atoms. The van der Waals surface area contributed by atoms with Gasteiger partial charge in [0.05, 0.1) is 21.3 Å². The third kappa shape index (κ3) is 4.91. The van der Waals surface area contributed by atoms with Gasteiger partial charge in [-0.3, -0.25) is 4.79 Å². The average molecular weight is 400 g/mol. The fraction of sp³-hybridized carbons (Fsp3) is 0.0588. The summed E-state index contributed by atoms with van der Waals surface area (Å²) in [5.74, 6) is -0.766. The lowest BCUT2D eigenvalue weighted by atomic mass is 10.2. The van der Waals surface area contributed by atoms with Gasteiger partial charge in [0.1, 0.15) is 11.6 Å². The molecule has 0 fully saturated rings. The van der Waals surface area contributed by atoms with Crippen molar-refractivity contribution in [3.05, 3.63) is 69.8 Å². The lowest BCUT2D eigenvalue weighted by Gasteiger charge is -2.11. The number of alkyl halides is 3. The number of benzene rings is 2. The van der Waals surface area contributed by atoms with E-state index in [1.54, 1.807) is 24.3 Å². The van der Waals surface area contributed by atoms with Gasteiger partial charge < -0.3 is 10.6 Å². The number of nitrogens with zero attached hydrogens (tertiary/aromatic N) is 1. The number of para-hydroxylation sites is 1. The largest absolute Gasteiger partial charge is 0.417 e. The maximum absolute atomic E-state index is 12.8. The van der Waals surface area contributed by atoms with Crippen molar-refractivity contribution in [2.24, 2.45) is 0 Å². The first-order valence-electron chi connectivity index (χ1n) is 7.02.